The van der Waals surface area contributed by atoms with E-state index in [4.69, 9.17) is 21.1 Å². The Bertz CT molecular complexity index is 1040. The fourth-order valence-corrected chi connectivity index (χ4v) is 4.89. The van der Waals surface area contributed by atoms with Crippen LogP contribution in [0.15, 0.2) is 41.3 Å². The molecule has 0 fully saturated rings. The van der Waals surface area contributed by atoms with E-state index in [0.717, 1.165) is 34.7 Å². The van der Waals surface area contributed by atoms with Crippen LogP contribution in [0.3, 0.4) is 0 Å². The van der Waals surface area contributed by atoms with Crippen LogP contribution in [0.4, 0.5) is 11.4 Å². The number of nitrogens with zero attached hydrogens (tertiary/aromatic N) is 1. The maximum absolute atomic E-state index is 12.7. The van der Waals surface area contributed by atoms with Crippen molar-refractivity contribution in [2.45, 2.75) is 29.4 Å². The Morgan fingerprint density at radius 1 is 1.26 bits per heavy atom. The lowest BCUT2D eigenvalue weighted by molar-refractivity contribution is -0.148. The second-order valence-corrected chi connectivity index (χ2v) is 8.93. The molecule has 7 nitrogen and oxygen atoms in total. The van der Waals surface area contributed by atoms with Gasteiger partial charge in [-0.2, -0.15) is 0 Å². The quantitative estimate of drug-likeness (QED) is 0.685. The lowest BCUT2D eigenvalue weighted by Crippen LogP contribution is -2.39. The van der Waals surface area contributed by atoms with Crippen molar-refractivity contribution in [3.8, 4) is 5.75 Å². The van der Waals surface area contributed by atoms with Crippen molar-refractivity contribution >= 4 is 52.5 Å². The van der Waals surface area contributed by atoms with Gasteiger partial charge in [0.15, 0.2) is 6.61 Å². The van der Waals surface area contributed by atoms with Crippen molar-refractivity contribution in [3.05, 3.63) is 47.0 Å². The van der Waals surface area contributed by atoms with E-state index in [0.29, 0.717) is 17.3 Å². The van der Waals surface area contributed by atoms with Crippen LogP contribution in [0.5, 0.6) is 5.75 Å². The minimum Gasteiger partial charge on any atom is -0.497 e. The normalized spacial score (nSPS) is 17.3. The van der Waals surface area contributed by atoms with Gasteiger partial charge >= 0.3 is 5.97 Å². The topological polar surface area (TPSA) is 84.9 Å². The van der Waals surface area contributed by atoms with E-state index in [1.807, 2.05) is 12.1 Å². The van der Waals surface area contributed by atoms with E-state index < -0.39 is 11.2 Å². The number of halogens is 1. The van der Waals surface area contributed by atoms with Crippen LogP contribution >= 0.6 is 23.4 Å². The van der Waals surface area contributed by atoms with Crippen LogP contribution in [-0.4, -0.2) is 43.3 Å². The Kier molecular flexibility index (Phi) is 6.38. The van der Waals surface area contributed by atoms with E-state index in [2.05, 4.69) is 5.32 Å². The SMILES string of the molecule is COc1ccc2c(c1)CCCN2C(=O)COC(=O)CC1Sc2ccc(Cl)cc2NC1=O. The number of amides is 2. The van der Waals surface area contributed by atoms with Crippen molar-refractivity contribution in [1.82, 2.24) is 0 Å². The molecule has 2 aliphatic rings. The summed E-state index contributed by atoms with van der Waals surface area (Å²) in [4.78, 5) is 39.8. The zero-order valence-electron chi connectivity index (χ0n) is 16.9. The standard InChI is InChI=1S/C22H21ClN2O5S/c1-29-15-5-6-17-13(9-15)3-2-8-25(17)20(26)12-30-21(27)11-19-22(28)24-16-10-14(23)4-7-18(16)31-19/h4-7,9-10,19H,2-3,8,11-12H2,1H3,(H,24,28). The van der Waals surface area contributed by atoms with Crippen molar-refractivity contribution in [3.63, 3.8) is 0 Å². The predicted molar refractivity (Wildman–Crippen MR) is 119 cm³/mol. The largest absolute Gasteiger partial charge is 0.497 e. The molecular formula is C22H21ClN2O5S. The summed E-state index contributed by atoms with van der Waals surface area (Å²) in [6, 6.07) is 10.8. The fraction of sp³-hybridized carbons (Fsp3) is 0.318. The van der Waals surface area contributed by atoms with Gasteiger partial charge in [-0.25, -0.2) is 0 Å². The molecule has 1 unspecified atom stereocenters. The number of benzene rings is 2. The number of nitrogens with one attached hydrogen (secondary N) is 1. The molecule has 2 aromatic carbocycles. The molecule has 2 amide bonds. The number of thioether (sulfide) groups is 1. The highest BCUT2D eigenvalue weighted by Gasteiger charge is 2.30. The average Bonchev–Trinajstić information content (AvgIpc) is 2.77. The summed E-state index contributed by atoms with van der Waals surface area (Å²) in [5.41, 5.74) is 2.47. The van der Waals surface area contributed by atoms with Gasteiger partial charge in [0.25, 0.3) is 5.91 Å². The summed E-state index contributed by atoms with van der Waals surface area (Å²) < 4.78 is 10.5. The van der Waals surface area contributed by atoms with Gasteiger partial charge in [-0.1, -0.05) is 11.6 Å². The van der Waals surface area contributed by atoms with E-state index in [1.165, 1.54) is 11.8 Å². The first-order valence-electron chi connectivity index (χ1n) is 9.84. The number of hydrogen-bond donors (Lipinski definition) is 1. The molecule has 2 aromatic rings. The monoisotopic (exact) mass is 460 g/mol. The Hall–Kier alpha value is -2.71. The summed E-state index contributed by atoms with van der Waals surface area (Å²) in [7, 11) is 1.60. The highest BCUT2D eigenvalue weighted by molar-refractivity contribution is 8.01. The molecule has 0 bridgehead atoms. The highest BCUT2D eigenvalue weighted by atomic mass is 35.5. The maximum Gasteiger partial charge on any atom is 0.307 e. The molecule has 4 rings (SSSR count). The second kappa shape index (κ2) is 9.20. The smallest absolute Gasteiger partial charge is 0.307 e. The highest BCUT2D eigenvalue weighted by Crippen LogP contribution is 2.38. The van der Waals surface area contributed by atoms with E-state index >= 15 is 0 Å². The van der Waals surface area contributed by atoms with Crippen molar-refractivity contribution in [1.29, 1.82) is 0 Å². The van der Waals surface area contributed by atoms with Crippen LogP contribution in [0, 0.1) is 0 Å². The number of esters is 1. The number of rotatable bonds is 5. The molecule has 162 valence electrons. The number of ether oxygens (including phenoxy) is 2. The van der Waals surface area contributed by atoms with Gasteiger partial charge in [0.2, 0.25) is 5.91 Å². The molecule has 0 saturated carbocycles. The number of anilines is 2. The molecule has 9 heteroatoms. The third kappa shape index (κ3) is 4.80. The third-order valence-electron chi connectivity index (χ3n) is 5.18. The molecule has 2 heterocycles. The summed E-state index contributed by atoms with van der Waals surface area (Å²) in [6.07, 6.45) is 1.55. The molecule has 0 aromatic heterocycles. The third-order valence-corrected chi connectivity index (χ3v) is 6.69. The second-order valence-electron chi connectivity index (χ2n) is 7.24. The lowest BCUT2D eigenvalue weighted by atomic mass is 10.0. The first kappa shape index (κ1) is 21.5. The van der Waals surface area contributed by atoms with Crippen LogP contribution in [0.1, 0.15) is 18.4 Å². The van der Waals surface area contributed by atoms with Crippen molar-refractivity contribution in [2.75, 3.05) is 30.5 Å². The first-order chi connectivity index (χ1) is 14.9. The summed E-state index contributed by atoms with van der Waals surface area (Å²) >= 11 is 7.23. The van der Waals surface area contributed by atoms with Crippen LogP contribution in [-0.2, 0) is 25.5 Å². The van der Waals surface area contributed by atoms with Gasteiger partial charge in [0, 0.05) is 22.2 Å². The van der Waals surface area contributed by atoms with Gasteiger partial charge in [0.05, 0.1) is 24.5 Å². The van der Waals surface area contributed by atoms with Gasteiger partial charge in [-0.3, -0.25) is 14.4 Å². The summed E-state index contributed by atoms with van der Waals surface area (Å²) in [6.45, 7) is 0.200. The molecule has 0 saturated heterocycles. The number of methoxy groups -OCH3 is 1. The first-order valence-corrected chi connectivity index (χ1v) is 11.1. The zero-order chi connectivity index (χ0) is 22.0. The lowest BCUT2D eigenvalue weighted by Gasteiger charge is -2.29. The van der Waals surface area contributed by atoms with E-state index in [9.17, 15) is 14.4 Å². The molecule has 0 aliphatic carbocycles. The zero-order valence-corrected chi connectivity index (χ0v) is 18.4. The van der Waals surface area contributed by atoms with E-state index in [-0.39, 0.29) is 24.8 Å². The molecule has 1 atom stereocenters. The Labute approximate surface area is 189 Å². The number of carbonyl (C=O) groups excluding carboxylic acids is 3. The van der Waals surface area contributed by atoms with Gasteiger partial charge in [-0.15, -0.1) is 11.8 Å². The van der Waals surface area contributed by atoms with Gasteiger partial charge in [-0.05, 0) is 54.8 Å². The number of aryl methyl sites for hydroxylation is 1. The van der Waals surface area contributed by atoms with Crippen LogP contribution < -0.4 is 15.0 Å². The molecule has 0 radical (unpaired) electrons. The van der Waals surface area contributed by atoms with Gasteiger partial charge in [0.1, 0.15) is 5.75 Å². The molecular weight excluding hydrogens is 440 g/mol. The minimum absolute atomic E-state index is 0.125. The number of fused-ring (bicyclic) bond motifs is 2. The Balaban J connectivity index is 1.34. The summed E-state index contributed by atoms with van der Waals surface area (Å²) in [5, 5.41) is 2.65. The average molecular weight is 461 g/mol. The van der Waals surface area contributed by atoms with Crippen LogP contribution in [0.2, 0.25) is 5.02 Å². The number of hydrogen-bond acceptors (Lipinski definition) is 6. The molecule has 1 N–H and O–H groups in total. The number of carbonyl (C=O) groups is 3. The maximum atomic E-state index is 12.7. The Morgan fingerprint density at radius 2 is 2.10 bits per heavy atom. The fourth-order valence-electron chi connectivity index (χ4n) is 3.65. The molecule has 31 heavy (non-hydrogen) atoms. The summed E-state index contributed by atoms with van der Waals surface area (Å²) in [5.74, 6) is -0.431. The van der Waals surface area contributed by atoms with Crippen LogP contribution in [0.25, 0.3) is 0 Å². The van der Waals surface area contributed by atoms with E-state index in [1.54, 1.807) is 36.3 Å². The molecule has 2 aliphatic heterocycles. The Morgan fingerprint density at radius 3 is 2.90 bits per heavy atom. The van der Waals surface area contributed by atoms with Gasteiger partial charge < -0.3 is 19.7 Å². The molecule has 0 spiro atoms. The minimum atomic E-state index is -0.626. The van der Waals surface area contributed by atoms with Crippen molar-refractivity contribution in [2.24, 2.45) is 0 Å². The van der Waals surface area contributed by atoms with Crippen molar-refractivity contribution < 1.29 is 23.9 Å². The predicted octanol–water partition coefficient (Wildman–Crippen LogP) is 3.67.